The molecule has 0 aromatic heterocycles. The first kappa shape index (κ1) is 21.9. The number of ether oxygens (including phenoxy) is 1. The zero-order valence-corrected chi connectivity index (χ0v) is 18.4. The van der Waals surface area contributed by atoms with Crippen LogP contribution < -0.4 is 4.74 Å². The van der Waals surface area contributed by atoms with Gasteiger partial charge >= 0.3 is 0 Å². The van der Waals surface area contributed by atoms with Gasteiger partial charge in [0.15, 0.2) is 0 Å². The monoisotopic (exact) mass is 421 g/mol. The van der Waals surface area contributed by atoms with E-state index in [0.717, 1.165) is 34.4 Å². The Balaban J connectivity index is 2.11. The molecule has 3 rings (SSSR count). The molecule has 0 aliphatic carbocycles. The number of allylic oxidation sites excluding steroid dienone is 1. The average molecular weight is 422 g/mol. The van der Waals surface area contributed by atoms with Gasteiger partial charge in [0.1, 0.15) is 17.7 Å². The number of halogens is 1. The smallest absolute Gasteiger partial charge is 0.149 e. The van der Waals surface area contributed by atoms with Gasteiger partial charge in [0.05, 0.1) is 0 Å². The van der Waals surface area contributed by atoms with E-state index in [-0.39, 0.29) is 12.0 Å². The number of nitrogens with zero attached hydrogens (tertiary/aromatic N) is 1. The molecule has 0 bridgehead atoms. The Labute approximate surface area is 184 Å². The van der Waals surface area contributed by atoms with Crippen LogP contribution in [0, 0.1) is 0 Å². The van der Waals surface area contributed by atoms with Crippen LogP contribution in [0.1, 0.15) is 30.0 Å². The van der Waals surface area contributed by atoms with Crippen LogP contribution in [-0.4, -0.2) is 36.2 Å². The van der Waals surface area contributed by atoms with Crippen molar-refractivity contribution in [2.75, 3.05) is 20.0 Å². The highest BCUT2D eigenvalue weighted by molar-refractivity contribution is 6.18. The molecule has 0 aliphatic heterocycles. The number of phenolic OH excluding ortho intramolecular Hbond substituents is 1. The summed E-state index contributed by atoms with van der Waals surface area (Å²) in [5.41, 5.74) is 5.53. The number of rotatable bonds is 8. The molecule has 1 unspecified atom stereocenters. The maximum Gasteiger partial charge on any atom is 0.149 e. The van der Waals surface area contributed by atoms with Crippen molar-refractivity contribution in [2.45, 2.75) is 19.6 Å². The Morgan fingerprint density at radius 3 is 1.97 bits per heavy atom. The summed E-state index contributed by atoms with van der Waals surface area (Å²) in [5, 5.41) is 9.78. The quantitative estimate of drug-likeness (QED) is 0.264. The van der Waals surface area contributed by atoms with Crippen LogP contribution in [0.15, 0.2) is 78.9 Å². The predicted octanol–water partition coefficient (Wildman–Crippen LogP) is 6.27. The molecule has 0 fully saturated rings. The lowest BCUT2D eigenvalue weighted by atomic mass is 9.88. The van der Waals surface area contributed by atoms with E-state index < -0.39 is 0 Å². The van der Waals surface area contributed by atoms with Crippen LogP contribution in [0.4, 0.5) is 0 Å². The van der Waals surface area contributed by atoms with E-state index >= 15 is 0 Å². The fraction of sp³-hybridized carbons (Fsp3) is 0.231. The van der Waals surface area contributed by atoms with E-state index in [1.54, 1.807) is 12.1 Å². The number of benzene rings is 3. The Kier molecular flexibility index (Phi) is 7.56. The summed E-state index contributed by atoms with van der Waals surface area (Å²) in [6.07, 6.45) is 0.719. The van der Waals surface area contributed by atoms with Crippen molar-refractivity contribution in [1.29, 1.82) is 0 Å². The summed E-state index contributed by atoms with van der Waals surface area (Å²) in [7, 11) is 3.98. The van der Waals surface area contributed by atoms with E-state index in [0.29, 0.717) is 5.88 Å². The second-order valence-electron chi connectivity index (χ2n) is 7.41. The maximum absolute atomic E-state index is 9.78. The predicted molar refractivity (Wildman–Crippen MR) is 126 cm³/mol. The molecule has 0 saturated carbocycles. The van der Waals surface area contributed by atoms with Crippen LogP contribution in [0.3, 0.4) is 0 Å². The number of hydrogen-bond acceptors (Lipinski definition) is 3. The maximum atomic E-state index is 9.78. The lowest BCUT2D eigenvalue weighted by Gasteiger charge is -2.22. The van der Waals surface area contributed by atoms with Gasteiger partial charge in [0, 0.05) is 5.88 Å². The van der Waals surface area contributed by atoms with Crippen LogP contribution >= 0.6 is 11.6 Å². The van der Waals surface area contributed by atoms with Crippen molar-refractivity contribution in [2.24, 2.45) is 0 Å². The highest BCUT2D eigenvalue weighted by Gasteiger charge is 2.15. The Morgan fingerprint density at radius 1 is 0.867 bits per heavy atom. The van der Waals surface area contributed by atoms with Crippen molar-refractivity contribution >= 4 is 22.7 Å². The molecule has 0 radical (unpaired) electrons. The van der Waals surface area contributed by atoms with Crippen LogP contribution in [0.25, 0.3) is 11.1 Å². The van der Waals surface area contributed by atoms with Crippen LogP contribution in [0.5, 0.6) is 11.5 Å². The van der Waals surface area contributed by atoms with Gasteiger partial charge in [-0.3, -0.25) is 4.90 Å². The van der Waals surface area contributed by atoms with Gasteiger partial charge < -0.3 is 9.84 Å². The molecule has 3 nitrogen and oxygen atoms in total. The van der Waals surface area contributed by atoms with Gasteiger partial charge in [-0.05, 0) is 79.5 Å². The summed E-state index contributed by atoms with van der Waals surface area (Å²) >= 11 is 6.20. The highest BCUT2D eigenvalue weighted by atomic mass is 35.5. The van der Waals surface area contributed by atoms with Gasteiger partial charge in [-0.1, -0.05) is 54.6 Å². The molecule has 3 aromatic rings. The van der Waals surface area contributed by atoms with Crippen molar-refractivity contribution in [1.82, 2.24) is 4.90 Å². The van der Waals surface area contributed by atoms with E-state index in [4.69, 9.17) is 16.3 Å². The normalized spacial score (nSPS) is 13.1. The number of phenols is 1. The third-order valence-corrected chi connectivity index (χ3v) is 5.29. The molecule has 3 aromatic carbocycles. The average Bonchev–Trinajstić information content (AvgIpc) is 2.76. The minimum absolute atomic E-state index is 0.0147. The lowest BCUT2D eigenvalue weighted by Crippen LogP contribution is -2.30. The molecule has 30 heavy (non-hydrogen) atoms. The van der Waals surface area contributed by atoms with Gasteiger partial charge in [0.25, 0.3) is 0 Å². The molecule has 0 spiro atoms. The minimum atomic E-state index is -0.0147. The topological polar surface area (TPSA) is 32.7 Å². The minimum Gasteiger partial charge on any atom is -0.508 e. The SMILES string of the molecule is CC(Oc1ccc(/C(=C(/CCCl)c2ccccc2)c2ccc(O)cc2)cc1)N(C)C. The summed E-state index contributed by atoms with van der Waals surface area (Å²) < 4.78 is 5.98. The molecule has 156 valence electrons. The second-order valence-corrected chi connectivity index (χ2v) is 7.79. The molecular weight excluding hydrogens is 394 g/mol. The summed E-state index contributed by atoms with van der Waals surface area (Å²) in [5.74, 6) is 1.59. The summed E-state index contributed by atoms with van der Waals surface area (Å²) in [6.45, 7) is 2.02. The van der Waals surface area contributed by atoms with Gasteiger partial charge in [-0.15, -0.1) is 11.6 Å². The molecule has 4 heteroatoms. The molecule has 0 saturated heterocycles. The molecule has 1 N–H and O–H groups in total. The van der Waals surface area contributed by atoms with E-state index in [9.17, 15) is 5.11 Å². The first-order valence-electron chi connectivity index (χ1n) is 10.1. The van der Waals surface area contributed by atoms with E-state index in [1.807, 2.05) is 68.4 Å². The largest absolute Gasteiger partial charge is 0.508 e. The summed E-state index contributed by atoms with van der Waals surface area (Å²) in [6, 6.07) is 25.8. The first-order valence-corrected chi connectivity index (χ1v) is 10.6. The zero-order chi connectivity index (χ0) is 21.5. The molecular formula is C26H28ClNO2. The van der Waals surface area contributed by atoms with Crippen LogP contribution in [-0.2, 0) is 0 Å². The molecule has 0 heterocycles. The Bertz CT molecular complexity index is 964. The van der Waals surface area contributed by atoms with Crippen LogP contribution in [0.2, 0.25) is 0 Å². The number of alkyl halides is 1. The van der Waals surface area contributed by atoms with Crippen molar-refractivity contribution in [3.63, 3.8) is 0 Å². The van der Waals surface area contributed by atoms with Gasteiger partial charge in [0.2, 0.25) is 0 Å². The molecule has 0 amide bonds. The van der Waals surface area contributed by atoms with Gasteiger partial charge in [-0.2, -0.15) is 0 Å². The Hall–Kier alpha value is -2.75. The third kappa shape index (κ3) is 5.44. The molecule has 1 atom stereocenters. The fourth-order valence-corrected chi connectivity index (χ4v) is 3.48. The van der Waals surface area contributed by atoms with Gasteiger partial charge in [-0.25, -0.2) is 0 Å². The fourth-order valence-electron chi connectivity index (χ4n) is 3.29. The third-order valence-electron chi connectivity index (χ3n) is 5.10. The highest BCUT2D eigenvalue weighted by Crippen LogP contribution is 2.36. The van der Waals surface area contributed by atoms with E-state index in [2.05, 4.69) is 24.3 Å². The van der Waals surface area contributed by atoms with Crippen molar-refractivity contribution in [3.8, 4) is 11.5 Å². The van der Waals surface area contributed by atoms with Crippen molar-refractivity contribution in [3.05, 3.63) is 95.6 Å². The zero-order valence-electron chi connectivity index (χ0n) is 17.7. The number of hydrogen-bond donors (Lipinski definition) is 1. The molecule has 0 aliphatic rings. The Morgan fingerprint density at radius 2 is 1.43 bits per heavy atom. The number of aromatic hydroxyl groups is 1. The van der Waals surface area contributed by atoms with E-state index in [1.165, 1.54) is 5.57 Å². The lowest BCUT2D eigenvalue weighted by molar-refractivity contribution is 0.0815. The standard InChI is InChI=1S/C26H28ClNO2/c1-19(28(2)3)30-24-15-11-22(12-16-24)26(21-9-13-23(29)14-10-21)25(17-18-27)20-7-5-4-6-8-20/h4-16,19,29H,17-18H2,1-3H3/b26-25-. The summed E-state index contributed by atoms with van der Waals surface area (Å²) in [4.78, 5) is 2.02. The second kappa shape index (κ2) is 10.3. The first-order chi connectivity index (χ1) is 14.5. The van der Waals surface area contributed by atoms with Crippen molar-refractivity contribution < 1.29 is 9.84 Å².